The molecule has 0 fully saturated rings. The summed E-state index contributed by atoms with van der Waals surface area (Å²) in [5, 5.41) is 0. The van der Waals surface area contributed by atoms with E-state index in [4.69, 9.17) is 17.3 Å². The van der Waals surface area contributed by atoms with Gasteiger partial charge >= 0.3 is 5.97 Å². The van der Waals surface area contributed by atoms with E-state index in [2.05, 4.69) is 9.47 Å². The van der Waals surface area contributed by atoms with Crippen LogP contribution in [0.5, 0.6) is 5.75 Å². The minimum Gasteiger partial charge on any atom is -0.457 e. The summed E-state index contributed by atoms with van der Waals surface area (Å²) in [6.07, 6.45) is 0. The molecule has 0 aliphatic rings. The number of rotatable bonds is 6. The zero-order valence-corrected chi connectivity index (χ0v) is 9.75. The SMILES string of the molecule is [B]C(=O)OCOc1ccc(C(=O)OCOC)cc1. The number of methoxy groups -OCH3 is 1. The van der Waals surface area contributed by atoms with Gasteiger partial charge in [-0.25, -0.2) is 4.79 Å². The number of hydrogen-bond donors (Lipinski definition) is 0. The Labute approximate surface area is 105 Å². The molecule has 1 aromatic carbocycles. The zero-order chi connectivity index (χ0) is 13.4. The van der Waals surface area contributed by atoms with E-state index in [0.29, 0.717) is 11.3 Å². The Morgan fingerprint density at radius 2 is 1.78 bits per heavy atom. The van der Waals surface area contributed by atoms with E-state index >= 15 is 0 Å². The van der Waals surface area contributed by atoms with Crippen LogP contribution in [0.15, 0.2) is 24.3 Å². The van der Waals surface area contributed by atoms with Crippen LogP contribution < -0.4 is 4.74 Å². The fraction of sp³-hybridized carbons (Fsp3) is 0.273. The molecule has 18 heavy (non-hydrogen) atoms. The summed E-state index contributed by atoms with van der Waals surface area (Å²) < 4.78 is 18.8. The van der Waals surface area contributed by atoms with Crippen LogP contribution in [0.4, 0.5) is 4.79 Å². The average Bonchev–Trinajstić information content (AvgIpc) is 2.36. The summed E-state index contributed by atoms with van der Waals surface area (Å²) in [5.41, 5.74) is 0.357. The molecule has 1 rings (SSSR count). The van der Waals surface area contributed by atoms with E-state index in [0.717, 1.165) is 0 Å². The van der Waals surface area contributed by atoms with Gasteiger partial charge in [-0.2, -0.15) is 0 Å². The highest BCUT2D eigenvalue weighted by atomic mass is 16.7. The van der Waals surface area contributed by atoms with Gasteiger partial charge in [-0.1, -0.05) is 0 Å². The Bertz CT molecular complexity index is 402. The van der Waals surface area contributed by atoms with Gasteiger partial charge in [0.2, 0.25) is 20.5 Å². The third-order valence-corrected chi connectivity index (χ3v) is 1.82. The first-order valence-electron chi connectivity index (χ1n) is 4.94. The first-order valence-corrected chi connectivity index (χ1v) is 4.94. The Hall–Kier alpha value is -2.02. The monoisotopic (exact) mass is 250 g/mol. The van der Waals surface area contributed by atoms with Crippen molar-refractivity contribution in [1.82, 2.24) is 0 Å². The van der Waals surface area contributed by atoms with Gasteiger partial charge in [-0.15, -0.1) is 0 Å². The summed E-state index contributed by atoms with van der Waals surface area (Å²) in [5.74, 6) is -0.994. The molecule has 0 N–H and O–H groups in total. The molecule has 0 atom stereocenters. The molecule has 1 aromatic rings. The van der Waals surface area contributed by atoms with Crippen molar-refractivity contribution in [2.75, 3.05) is 20.7 Å². The number of hydrogen-bond acceptors (Lipinski definition) is 6. The van der Waals surface area contributed by atoms with Gasteiger partial charge in [-0.05, 0) is 24.3 Å². The Morgan fingerprint density at radius 3 is 2.33 bits per heavy atom. The maximum Gasteiger partial charge on any atom is 0.340 e. The van der Waals surface area contributed by atoms with Crippen molar-refractivity contribution in [3.8, 4) is 5.75 Å². The fourth-order valence-corrected chi connectivity index (χ4v) is 1.04. The molecule has 94 valence electrons. The molecule has 0 saturated carbocycles. The topological polar surface area (TPSA) is 71.1 Å². The maximum atomic E-state index is 11.4. The minimum atomic E-state index is -0.922. The van der Waals surface area contributed by atoms with E-state index in [9.17, 15) is 9.59 Å². The lowest BCUT2D eigenvalue weighted by molar-refractivity contribution is -0.0125. The van der Waals surface area contributed by atoms with Crippen LogP contribution in [-0.4, -0.2) is 40.4 Å². The second kappa shape index (κ2) is 7.34. The molecule has 0 saturated heterocycles. The van der Waals surface area contributed by atoms with Crippen LogP contribution >= 0.6 is 0 Å². The summed E-state index contributed by atoms with van der Waals surface area (Å²) >= 11 is 0. The molecule has 2 radical (unpaired) electrons. The Kier molecular flexibility index (Phi) is 5.73. The van der Waals surface area contributed by atoms with Gasteiger partial charge < -0.3 is 18.9 Å². The van der Waals surface area contributed by atoms with Crippen molar-refractivity contribution in [1.29, 1.82) is 0 Å². The van der Waals surface area contributed by atoms with Crippen molar-refractivity contribution >= 4 is 19.7 Å². The zero-order valence-electron chi connectivity index (χ0n) is 9.75. The summed E-state index contributed by atoms with van der Waals surface area (Å²) in [6, 6.07) is 6.09. The molecule has 7 heteroatoms. The van der Waals surface area contributed by atoms with Gasteiger partial charge in [0.05, 0.1) is 5.56 Å². The molecule has 0 unspecified atom stereocenters. The maximum absolute atomic E-state index is 11.4. The normalized spacial score (nSPS) is 9.61. The van der Waals surface area contributed by atoms with Gasteiger partial charge in [0, 0.05) is 7.11 Å². The van der Waals surface area contributed by atoms with Crippen molar-refractivity contribution in [2.24, 2.45) is 0 Å². The van der Waals surface area contributed by atoms with E-state index in [1.165, 1.54) is 31.4 Å². The Balaban J connectivity index is 2.46. The lowest BCUT2D eigenvalue weighted by Gasteiger charge is -2.07. The van der Waals surface area contributed by atoms with Crippen molar-refractivity contribution in [2.45, 2.75) is 0 Å². The molecular weight excluding hydrogens is 239 g/mol. The standard InChI is InChI=1S/C11H11BO6/c1-15-6-17-10(13)8-2-4-9(5-3-8)16-7-18-11(12)14/h2-5H,6-7H2,1H3. The number of carbonyl (C=O) groups excluding carboxylic acids is 2. The van der Waals surface area contributed by atoms with Crippen LogP contribution in [0.2, 0.25) is 0 Å². The quantitative estimate of drug-likeness (QED) is 0.427. The number of carbonyl (C=O) groups is 2. The molecule has 0 aliphatic carbocycles. The summed E-state index contributed by atoms with van der Waals surface area (Å²) in [7, 11) is 6.17. The van der Waals surface area contributed by atoms with Crippen LogP contribution in [-0.2, 0) is 14.2 Å². The highest BCUT2D eigenvalue weighted by Crippen LogP contribution is 2.13. The number of ether oxygens (including phenoxy) is 4. The van der Waals surface area contributed by atoms with E-state index in [-0.39, 0.29) is 13.6 Å². The molecule has 0 spiro atoms. The minimum absolute atomic E-state index is 0.108. The largest absolute Gasteiger partial charge is 0.457 e. The smallest absolute Gasteiger partial charge is 0.340 e. The molecule has 0 aliphatic heterocycles. The van der Waals surface area contributed by atoms with Gasteiger partial charge in [0.25, 0.3) is 0 Å². The Morgan fingerprint density at radius 1 is 1.11 bits per heavy atom. The molecular formula is C11H11BO6. The molecule has 6 nitrogen and oxygen atoms in total. The van der Waals surface area contributed by atoms with Crippen LogP contribution in [0.25, 0.3) is 0 Å². The summed E-state index contributed by atoms with van der Waals surface area (Å²) in [4.78, 5) is 21.7. The fourth-order valence-electron chi connectivity index (χ4n) is 1.04. The van der Waals surface area contributed by atoms with Gasteiger partial charge in [-0.3, -0.25) is 4.79 Å². The van der Waals surface area contributed by atoms with Gasteiger partial charge in [0.1, 0.15) is 5.75 Å². The van der Waals surface area contributed by atoms with E-state index < -0.39 is 11.8 Å². The number of esters is 1. The lowest BCUT2D eigenvalue weighted by Crippen LogP contribution is -2.09. The highest BCUT2D eigenvalue weighted by molar-refractivity contribution is 6.55. The van der Waals surface area contributed by atoms with Crippen molar-refractivity contribution in [3.63, 3.8) is 0 Å². The van der Waals surface area contributed by atoms with Crippen molar-refractivity contribution < 1.29 is 28.5 Å². The lowest BCUT2D eigenvalue weighted by atomic mass is 10.2. The number of benzene rings is 1. The van der Waals surface area contributed by atoms with Crippen LogP contribution in [0.1, 0.15) is 10.4 Å². The second-order valence-electron chi connectivity index (χ2n) is 3.09. The van der Waals surface area contributed by atoms with Crippen LogP contribution in [0, 0.1) is 0 Å². The first-order chi connectivity index (χ1) is 8.63. The van der Waals surface area contributed by atoms with E-state index in [1.807, 2.05) is 0 Å². The third kappa shape index (κ3) is 4.88. The summed E-state index contributed by atoms with van der Waals surface area (Å²) in [6.45, 7) is -0.396. The highest BCUT2D eigenvalue weighted by Gasteiger charge is 2.06. The third-order valence-electron chi connectivity index (χ3n) is 1.82. The first kappa shape index (κ1) is 14.0. The van der Waals surface area contributed by atoms with Crippen LogP contribution in [0.3, 0.4) is 0 Å². The molecule has 0 amide bonds. The predicted octanol–water partition coefficient (Wildman–Crippen LogP) is 1.09. The van der Waals surface area contributed by atoms with Crippen molar-refractivity contribution in [3.05, 3.63) is 29.8 Å². The molecule has 0 aromatic heterocycles. The predicted molar refractivity (Wildman–Crippen MR) is 61.5 cm³/mol. The van der Waals surface area contributed by atoms with E-state index in [1.54, 1.807) is 0 Å². The molecule has 0 bridgehead atoms. The average molecular weight is 250 g/mol. The second-order valence-corrected chi connectivity index (χ2v) is 3.09. The van der Waals surface area contributed by atoms with Gasteiger partial charge in [0.15, 0.2) is 6.79 Å². The molecule has 0 heterocycles.